The van der Waals surface area contributed by atoms with E-state index in [9.17, 15) is 10.1 Å². The fourth-order valence-corrected chi connectivity index (χ4v) is 3.18. The van der Waals surface area contributed by atoms with Crippen molar-refractivity contribution in [1.82, 2.24) is 15.0 Å². The number of benzene rings is 2. The van der Waals surface area contributed by atoms with Crippen LogP contribution in [0.5, 0.6) is 0 Å². The summed E-state index contributed by atoms with van der Waals surface area (Å²) in [6.07, 6.45) is 3.47. The van der Waals surface area contributed by atoms with Crippen LogP contribution in [0.15, 0.2) is 48.5 Å². The molecule has 0 unspecified atom stereocenters. The van der Waals surface area contributed by atoms with E-state index in [1.807, 2.05) is 36.2 Å². The summed E-state index contributed by atoms with van der Waals surface area (Å²) in [5.41, 5.74) is 2.56. The quantitative estimate of drug-likeness (QED) is 0.426. The van der Waals surface area contributed by atoms with Gasteiger partial charge in [-0.15, -0.1) is 0 Å². The fourth-order valence-electron chi connectivity index (χ4n) is 3.18. The molecule has 1 aromatic heterocycles. The van der Waals surface area contributed by atoms with E-state index in [1.165, 1.54) is 12.1 Å². The third-order valence-electron chi connectivity index (χ3n) is 4.87. The molecule has 10 nitrogen and oxygen atoms in total. The average molecular weight is 433 g/mol. The Morgan fingerprint density at radius 1 is 1.03 bits per heavy atom. The molecule has 2 N–H and O–H groups in total. The first-order valence-corrected chi connectivity index (χ1v) is 10.2. The van der Waals surface area contributed by atoms with Crippen LogP contribution >= 0.6 is 0 Å². The summed E-state index contributed by atoms with van der Waals surface area (Å²) in [6.45, 7) is 2.60. The number of nitrogens with one attached hydrogen (secondary N) is 2. The number of hydrogen-bond acceptors (Lipinski definition) is 9. The normalized spacial score (nSPS) is 13.8. The van der Waals surface area contributed by atoms with Crippen LogP contribution in [0, 0.1) is 10.1 Å². The first-order chi connectivity index (χ1) is 15.6. The third-order valence-corrected chi connectivity index (χ3v) is 4.87. The molecule has 3 aromatic rings. The number of nitrogens with zero attached hydrogens (tertiary/aromatic N) is 5. The van der Waals surface area contributed by atoms with Crippen molar-refractivity contribution in [2.24, 2.45) is 0 Å². The van der Waals surface area contributed by atoms with Crippen molar-refractivity contribution in [2.75, 3.05) is 48.9 Å². The van der Waals surface area contributed by atoms with Crippen molar-refractivity contribution >= 4 is 41.1 Å². The molecule has 32 heavy (non-hydrogen) atoms. The van der Waals surface area contributed by atoms with Crippen LogP contribution in [-0.4, -0.2) is 53.2 Å². The maximum atomic E-state index is 11.0. The number of hydrogen-bond donors (Lipinski definition) is 2. The van der Waals surface area contributed by atoms with Crippen molar-refractivity contribution in [3.8, 4) is 0 Å². The number of nitro groups is 1. The highest BCUT2D eigenvalue weighted by Crippen LogP contribution is 2.20. The Bertz CT molecular complexity index is 1110. The molecule has 0 saturated carbocycles. The van der Waals surface area contributed by atoms with Crippen molar-refractivity contribution in [3.05, 3.63) is 70.0 Å². The van der Waals surface area contributed by atoms with Gasteiger partial charge in [0.15, 0.2) is 5.82 Å². The highest BCUT2D eigenvalue weighted by Gasteiger charge is 2.16. The van der Waals surface area contributed by atoms with Gasteiger partial charge in [-0.2, -0.15) is 15.0 Å². The molecule has 0 aliphatic carbocycles. The van der Waals surface area contributed by atoms with Gasteiger partial charge < -0.3 is 20.3 Å². The molecule has 2 heterocycles. The number of morpholine rings is 1. The standard InChI is InChI=1S/C22H23N7O3/c1-23-17-6-8-18(9-7-17)24-21-25-20(26-22(27-21)28-11-13-32-14-12-28)10-5-16-3-2-4-19(15-16)29(30)31/h2-10,15,23H,11-14H2,1H3,(H,24,25,26,27)/b10-5+. The van der Waals surface area contributed by atoms with Crippen molar-refractivity contribution < 1.29 is 9.66 Å². The smallest absolute Gasteiger partial charge is 0.270 e. The minimum atomic E-state index is -0.418. The molecule has 0 bridgehead atoms. The minimum absolute atomic E-state index is 0.0316. The summed E-state index contributed by atoms with van der Waals surface area (Å²) in [4.78, 5) is 26.3. The van der Waals surface area contributed by atoms with E-state index in [4.69, 9.17) is 4.74 Å². The van der Waals surface area contributed by atoms with E-state index in [2.05, 4.69) is 25.6 Å². The van der Waals surface area contributed by atoms with Gasteiger partial charge in [-0.3, -0.25) is 10.1 Å². The van der Waals surface area contributed by atoms with E-state index in [1.54, 1.807) is 24.3 Å². The molecule has 164 valence electrons. The molecule has 0 amide bonds. The lowest BCUT2D eigenvalue weighted by Crippen LogP contribution is -2.37. The Hall–Kier alpha value is -4.05. The molecule has 0 atom stereocenters. The molecule has 10 heteroatoms. The van der Waals surface area contributed by atoms with E-state index in [-0.39, 0.29) is 5.69 Å². The Morgan fingerprint density at radius 3 is 2.50 bits per heavy atom. The number of aromatic nitrogens is 3. The second kappa shape index (κ2) is 9.84. The van der Waals surface area contributed by atoms with E-state index < -0.39 is 4.92 Å². The summed E-state index contributed by atoms with van der Waals surface area (Å²) in [6, 6.07) is 14.2. The van der Waals surface area contributed by atoms with Gasteiger partial charge in [-0.1, -0.05) is 18.2 Å². The van der Waals surface area contributed by atoms with Gasteiger partial charge in [0, 0.05) is 43.6 Å². The van der Waals surface area contributed by atoms with Gasteiger partial charge in [-0.25, -0.2) is 0 Å². The fraction of sp³-hybridized carbons (Fsp3) is 0.227. The summed E-state index contributed by atoms with van der Waals surface area (Å²) in [5, 5.41) is 17.3. The minimum Gasteiger partial charge on any atom is -0.388 e. The molecular formula is C22H23N7O3. The van der Waals surface area contributed by atoms with Crippen LogP contribution in [0.25, 0.3) is 12.2 Å². The van der Waals surface area contributed by atoms with Crippen molar-refractivity contribution in [2.45, 2.75) is 0 Å². The SMILES string of the molecule is CNc1ccc(Nc2nc(/C=C/c3cccc([N+](=O)[O-])c3)nc(N3CCOCC3)n2)cc1. The Kier molecular flexibility index (Phi) is 6.52. The van der Waals surface area contributed by atoms with Crippen LogP contribution in [0.4, 0.5) is 29.0 Å². The van der Waals surface area contributed by atoms with E-state index in [0.717, 1.165) is 11.4 Å². The largest absolute Gasteiger partial charge is 0.388 e. The molecular weight excluding hydrogens is 410 g/mol. The zero-order chi connectivity index (χ0) is 22.3. The Morgan fingerprint density at radius 2 is 1.78 bits per heavy atom. The molecule has 1 aliphatic rings. The highest BCUT2D eigenvalue weighted by molar-refractivity contribution is 5.69. The van der Waals surface area contributed by atoms with Gasteiger partial charge in [-0.05, 0) is 35.9 Å². The predicted molar refractivity (Wildman–Crippen MR) is 124 cm³/mol. The molecule has 0 radical (unpaired) electrons. The second-order valence-electron chi connectivity index (χ2n) is 7.05. The molecule has 1 saturated heterocycles. The van der Waals surface area contributed by atoms with Gasteiger partial charge >= 0.3 is 0 Å². The number of rotatable bonds is 7. The monoisotopic (exact) mass is 433 g/mol. The van der Waals surface area contributed by atoms with Crippen LogP contribution in [0.3, 0.4) is 0 Å². The molecule has 2 aromatic carbocycles. The van der Waals surface area contributed by atoms with Gasteiger partial charge in [0.2, 0.25) is 11.9 Å². The van der Waals surface area contributed by atoms with E-state index >= 15 is 0 Å². The maximum absolute atomic E-state index is 11.0. The number of ether oxygens (including phenoxy) is 1. The molecule has 1 fully saturated rings. The maximum Gasteiger partial charge on any atom is 0.270 e. The lowest BCUT2D eigenvalue weighted by atomic mass is 10.2. The van der Waals surface area contributed by atoms with Gasteiger partial charge in [0.1, 0.15) is 0 Å². The first-order valence-electron chi connectivity index (χ1n) is 10.2. The number of non-ortho nitro benzene ring substituents is 1. The average Bonchev–Trinajstić information content (AvgIpc) is 2.84. The third kappa shape index (κ3) is 5.35. The first kappa shape index (κ1) is 21.2. The predicted octanol–water partition coefficient (Wildman–Crippen LogP) is 3.57. The van der Waals surface area contributed by atoms with E-state index in [0.29, 0.717) is 49.6 Å². The summed E-state index contributed by atoms with van der Waals surface area (Å²) < 4.78 is 5.43. The summed E-state index contributed by atoms with van der Waals surface area (Å²) >= 11 is 0. The van der Waals surface area contributed by atoms with Crippen molar-refractivity contribution in [1.29, 1.82) is 0 Å². The zero-order valence-corrected chi connectivity index (χ0v) is 17.6. The van der Waals surface area contributed by atoms with Crippen LogP contribution < -0.4 is 15.5 Å². The zero-order valence-electron chi connectivity index (χ0n) is 17.6. The van der Waals surface area contributed by atoms with Gasteiger partial charge in [0.25, 0.3) is 5.69 Å². The number of nitro benzene ring substituents is 1. The second-order valence-corrected chi connectivity index (χ2v) is 7.05. The summed E-state index contributed by atoms with van der Waals surface area (Å²) in [5.74, 6) is 1.41. The van der Waals surface area contributed by atoms with Crippen molar-refractivity contribution in [3.63, 3.8) is 0 Å². The lowest BCUT2D eigenvalue weighted by Gasteiger charge is -2.27. The molecule has 1 aliphatic heterocycles. The lowest BCUT2D eigenvalue weighted by molar-refractivity contribution is -0.384. The molecule has 4 rings (SSSR count). The highest BCUT2D eigenvalue weighted by atomic mass is 16.6. The Labute approximate surface area is 185 Å². The van der Waals surface area contributed by atoms with Crippen LogP contribution in [0.1, 0.15) is 11.4 Å². The van der Waals surface area contributed by atoms with Crippen LogP contribution in [-0.2, 0) is 4.74 Å². The Balaban J connectivity index is 1.63. The topological polar surface area (TPSA) is 118 Å². The summed E-state index contributed by atoms with van der Waals surface area (Å²) in [7, 11) is 1.86. The molecule has 0 spiro atoms. The van der Waals surface area contributed by atoms with Crippen LogP contribution in [0.2, 0.25) is 0 Å². The number of anilines is 4. The van der Waals surface area contributed by atoms with Gasteiger partial charge in [0.05, 0.1) is 18.1 Å².